The highest BCUT2D eigenvalue weighted by atomic mass is 35.5. The summed E-state index contributed by atoms with van der Waals surface area (Å²) in [6, 6.07) is 2.24. The average molecular weight is 277 g/mol. The Kier molecular flexibility index (Phi) is 7.43. The lowest BCUT2D eigenvalue weighted by atomic mass is 10.1. The van der Waals surface area contributed by atoms with E-state index in [9.17, 15) is 4.79 Å². The summed E-state index contributed by atoms with van der Waals surface area (Å²) in [5.41, 5.74) is 6.59. The molecule has 1 heterocycles. The van der Waals surface area contributed by atoms with E-state index in [1.54, 1.807) is 11.3 Å². The Hall–Kier alpha value is -0.580. The number of amides is 1. The van der Waals surface area contributed by atoms with Crippen molar-refractivity contribution in [1.82, 2.24) is 5.32 Å². The van der Waals surface area contributed by atoms with E-state index >= 15 is 0 Å². The minimum Gasteiger partial charge on any atom is -0.350 e. The molecule has 17 heavy (non-hydrogen) atoms. The van der Waals surface area contributed by atoms with Gasteiger partial charge in [0.05, 0.1) is 6.04 Å². The first-order chi connectivity index (χ1) is 7.54. The van der Waals surface area contributed by atoms with Crippen LogP contribution in [0.15, 0.2) is 6.07 Å². The molecule has 1 amide bonds. The van der Waals surface area contributed by atoms with E-state index in [1.165, 1.54) is 15.3 Å². The highest BCUT2D eigenvalue weighted by Gasteiger charge is 2.13. The summed E-state index contributed by atoms with van der Waals surface area (Å²) < 4.78 is 0. The van der Waals surface area contributed by atoms with E-state index < -0.39 is 0 Å². The fraction of sp³-hybridized carbons (Fsp3) is 0.583. The van der Waals surface area contributed by atoms with E-state index in [-0.39, 0.29) is 24.4 Å². The van der Waals surface area contributed by atoms with Gasteiger partial charge in [0.1, 0.15) is 0 Å². The molecular weight excluding hydrogens is 256 g/mol. The molecule has 0 bridgehead atoms. The number of halogens is 1. The van der Waals surface area contributed by atoms with Crippen molar-refractivity contribution in [2.24, 2.45) is 5.73 Å². The van der Waals surface area contributed by atoms with Gasteiger partial charge in [-0.25, -0.2) is 0 Å². The van der Waals surface area contributed by atoms with Crippen molar-refractivity contribution in [1.29, 1.82) is 0 Å². The van der Waals surface area contributed by atoms with Crippen molar-refractivity contribution in [3.8, 4) is 0 Å². The van der Waals surface area contributed by atoms with Gasteiger partial charge in [0.15, 0.2) is 0 Å². The smallest absolute Gasteiger partial charge is 0.220 e. The Bertz CT molecular complexity index is 365. The van der Waals surface area contributed by atoms with Gasteiger partial charge < -0.3 is 11.1 Å². The van der Waals surface area contributed by atoms with Crippen molar-refractivity contribution in [3.63, 3.8) is 0 Å². The Morgan fingerprint density at radius 3 is 2.65 bits per heavy atom. The van der Waals surface area contributed by atoms with E-state index in [1.807, 2.05) is 6.92 Å². The summed E-state index contributed by atoms with van der Waals surface area (Å²) >= 11 is 1.77. The largest absolute Gasteiger partial charge is 0.350 e. The second-order valence-electron chi connectivity index (χ2n) is 4.05. The SMILES string of the molecule is Cc1cc(C(C)NC(=O)CCCN)c(C)s1.Cl. The van der Waals surface area contributed by atoms with E-state index in [0.29, 0.717) is 13.0 Å². The molecule has 0 aliphatic rings. The van der Waals surface area contributed by atoms with E-state index in [0.717, 1.165) is 6.42 Å². The van der Waals surface area contributed by atoms with Crippen LogP contribution in [0.3, 0.4) is 0 Å². The molecule has 1 unspecified atom stereocenters. The number of carbonyl (C=O) groups is 1. The summed E-state index contributed by atoms with van der Waals surface area (Å²) in [6.45, 7) is 6.77. The quantitative estimate of drug-likeness (QED) is 0.869. The first kappa shape index (κ1) is 16.4. The second kappa shape index (κ2) is 7.69. The zero-order chi connectivity index (χ0) is 12.1. The van der Waals surface area contributed by atoms with Crippen LogP contribution in [-0.4, -0.2) is 12.5 Å². The number of nitrogens with two attached hydrogens (primary N) is 1. The summed E-state index contributed by atoms with van der Waals surface area (Å²) in [7, 11) is 0. The molecule has 0 aromatic carbocycles. The third-order valence-corrected chi connectivity index (χ3v) is 3.51. The van der Waals surface area contributed by atoms with Gasteiger partial charge in [0.25, 0.3) is 0 Å². The molecule has 0 saturated carbocycles. The minimum absolute atomic E-state index is 0. The van der Waals surface area contributed by atoms with Crippen LogP contribution < -0.4 is 11.1 Å². The van der Waals surface area contributed by atoms with Gasteiger partial charge in [0, 0.05) is 16.2 Å². The van der Waals surface area contributed by atoms with Gasteiger partial charge in [-0.15, -0.1) is 23.7 Å². The standard InChI is InChI=1S/C12H20N2OS.ClH/c1-8-7-11(10(3)16-8)9(2)14-12(15)5-4-6-13;/h7,9H,4-6,13H2,1-3H3,(H,14,15);1H. The highest BCUT2D eigenvalue weighted by molar-refractivity contribution is 7.12. The van der Waals surface area contributed by atoms with Gasteiger partial charge in [-0.05, 0) is 45.4 Å². The van der Waals surface area contributed by atoms with E-state index in [2.05, 4.69) is 25.2 Å². The highest BCUT2D eigenvalue weighted by Crippen LogP contribution is 2.26. The number of hydrogen-bond donors (Lipinski definition) is 2. The molecule has 1 atom stereocenters. The molecule has 5 heteroatoms. The Morgan fingerprint density at radius 1 is 1.53 bits per heavy atom. The average Bonchev–Trinajstić information content (AvgIpc) is 2.54. The van der Waals surface area contributed by atoms with Gasteiger partial charge >= 0.3 is 0 Å². The van der Waals surface area contributed by atoms with Crippen LogP contribution in [0.5, 0.6) is 0 Å². The normalized spacial score (nSPS) is 11.8. The van der Waals surface area contributed by atoms with Crippen molar-refractivity contribution >= 4 is 29.7 Å². The molecule has 0 radical (unpaired) electrons. The van der Waals surface area contributed by atoms with Gasteiger partial charge in [0.2, 0.25) is 5.91 Å². The molecule has 0 saturated heterocycles. The first-order valence-electron chi connectivity index (χ1n) is 5.61. The molecular formula is C12H21ClN2OS. The molecule has 0 spiro atoms. The summed E-state index contributed by atoms with van der Waals surface area (Å²) in [6.07, 6.45) is 1.27. The molecule has 1 rings (SSSR count). The maximum absolute atomic E-state index is 11.5. The van der Waals surface area contributed by atoms with Crippen molar-refractivity contribution in [2.75, 3.05) is 6.54 Å². The van der Waals surface area contributed by atoms with Gasteiger partial charge in [-0.1, -0.05) is 0 Å². The number of carbonyl (C=O) groups excluding carboxylic acids is 1. The summed E-state index contributed by atoms with van der Waals surface area (Å²) in [5.74, 6) is 0.0844. The van der Waals surface area contributed by atoms with Crippen molar-refractivity contribution in [3.05, 3.63) is 21.4 Å². The lowest BCUT2D eigenvalue weighted by molar-refractivity contribution is -0.121. The van der Waals surface area contributed by atoms with Crippen LogP contribution in [0.4, 0.5) is 0 Å². The zero-order valence-electron chi connectivity index (χ0n) is 10.6. The Morgan fingerprint density at radius 2 is 2.18 bits per heavy atom. The Labute approximate surface area is 113 Å². The van der Waals surface area contributed by atoms with Crippen LogP contribution in [0, 0.1) is 13.8 Å². The zero-order valence-corrected chi connectivity index (χ0v) is 12.2. The van der Waals surface area contributed by atoms with Crippen LogP contribution in [-0.2, 0) is 4.79 Å². The first-order valence-corrected chi connectivity index (χ1v) is 6.42. The van der Waals surface area contributed by atoms with Crippen LogP contribution in [0.25, 0.3) is 0 Å². The van der Waals surface area contributed by atoms with Gasteiger partial charge in [-0.3, -0.25) is 4.79 Å². The molecule has 0 aliphatic heterocycles. The predicted molar refractivity (Wildman–Crippen MR) is 75.9 cm³/mol. The lowest BCUT2D eigenvalue weighted by Gasteiger charge is -2.13. The predicted octanol–water partition coefficient (Wildman–Crippen LogP) is 2.70. The molecule has 0 fully saturated rings. The second-order valence-corrected chi connectivity index (χ2v) is 5.51. The van der Waals surface area contributed by atoms with E-state index in [4.69, 9.17) is 5.73 Å². The third kappa shape index (κ3) is 5.06. The number of thiophene rings is 1. The third-order valence-electron chi connectivity index (χ3n) is 2.53. The molecule has 1 aromatic rings. The minimum atomic E-state index is 0. The van der Waals surface area contributed by atoms with Crippen molar-refractivity contribution < 1.29 is 4.79 Å². The topological polar surface area (TPSA) is 55.1 Å². The molecule has 3 N–H and O–H groups in total. The fourth-order valence-electron chi connectivity index (χ4n) is 1.73. The summed E-state index contributed by atoms with van der Waals surface area (Å²) in [5, 5.41) is 3.00. The maximum atomic E-state index is 11.5. The number of rotatable bonds is 5. The summed E-state index contributed by atoms with van der Waals surface area (Å²) in [4.78, 5) is 14.1. The number of nitrogens with one attached hydrogen (secondary N) is 1. The van der Waals surface area contributed by atoms with Crippen LogP contribution in [0.1, 0.15) is 41.1 Å². The molecule has 98 valence electrons. The number of aryl methyl sites for hydroxylation is 2. The van der Waals surface area contributed by atoms with Crippen molar-refractivity contribution in [2.45, 2.75) is 39.7 Å². The monoisotopic (exact) mass is 276 g/mol. The van der Waals surface area contributed by atoms with Crippen LogP contribution >= 0.6 is 23.7 Å². The molecule has 0 aliphatic carbocycles. The molecule has 1 aromatic heterocycles. The maximum Gasteiger partial charge on any atom is 0.220 e. The van der Waals surface area contributed by atoms with Crippen LogP contribution in [0.2, 0.25) is 0 Å². The lowest BCUT2D eigenvalue weighted by Crippen LogP contribution is -2.27. The molecule has 3 nitrogen and oxygen atoms in total. The fourth-order valence-corrected chi connectivity index (χ4v) is 2.76. The van der Waals surface area contributed by atoms with Gasteiger partial charge in [-0.2, -0.15) is 0 Å². The number of hydrogen-bond acceptors (Lipinski definition) is 3. The Balaban J connectivity index is 0.00000256.